The molecule has 2 aliphatic rings. The number of hydrogen-bond acceptors (Lipinski definition) is 3. The van der Waals surface area contributed by atoms with E-state index in [1.807, 2.05) is 36.4 Å². The summed E-state index contributed by atoms with van der Waals surface area (Å²) in [6.45, 7) is 9.10. The lowest BCUT2D eigenvalue weighted by atomic mass is 9.82. The second kappa shape index (κ2) is 15.0. The predicted molar refractivity (Wildman–Crippen MR) is 277 cm³/mol. The molecule has 71 heavy (non-hydrogen) atoms. The standard InChI is InChI=1S/C62H40F6N2S/c1-59(2)49-11-7-5-9-41(49)43-25-19-37(31-51(43)59)57-55-56(58(71-57)38-20-26-44-42-10-6-8-12-50(42)60(3,4)52(44)32-38)70-54-46-28-18-36(34-15-23-40(24-16-34)62(66,67)68)30-48(46)47-29-35(17-27-45(47)53(54)69-55)33-13-21-39(22-14-33)61(63,64)65/h5-32H,1-4H3. The summed E-state index contributed by atoms with van der Waals surface area (Å²) in [5.41, 5.74) is 15.5. The van der Waals surface area contributed by atoms with Crippen LogP contribution in [0.25, 0.3) is 109 Å². The van der Waals surface area contributed by atoms with Crippen LogP contribution in [0.4, 0.5) is 26.3 Å². The van der Waals surface area contributed by atoms with Gasteiger partial charge in [-0.05, 0) is 137 Å². The highest BCUT2D eigenvalue weighted by Crippen LogP contribution is 2.54. The summed E-state index contributed by atoms with van der Waals surface area (Å²) in [6, 6.07) is 52.5. The van der Waals surface area contributed by atoms with Crippen molar-refractivity contribution in [3.8, 4) is 65.4 Å². The molecule has 0 radical (unpaired) electrons. The summed E-state index contributed by atoms with van der Waals surface area (Å²) in [7, 11) is 0. The van der Waals surface area contributed by atoms with Crippen molar-refractivity contribution in [1.29, 1.82) is 0 Å². The van der Waals surface area contributed by atoms with E-state index in [-0.39, 0.29) is 10.8 Å². The fourth-order valence-electron chi connectivity index (χ4n) is 11.4. The maximum Gasteiger partial charge on any atom is 0.416 e. The number of rotatable bonds is 4. The van der Waals surface area contributed by atoms with Crippen LogP contribution in [-0.4, -0.2) is 9.97 Å². The lowest BCUT2D eigenvalue weighted by molar-refractivity contribution is -0.138. The maximum atomic E-state index is 13.7. The minimum atomic E-state index is -4.49. The van der Waals surface area contributed by atoms with Gasteiger partial charge in [0.25, 0.3) is 0 Å². The molecule has 9 heteroatoms. The average molecular weight is 959 g/mol. The number of nitrogens with zero attached hydrogens (tertiary/aromatic N) is 2. The topological polar surface area (TPSA) is 25.8 Å². The van der Waals surface area contributed by atoms with Crippen molar-refractivity contribution >= 4 is 54.9 Å². The van der Waals surface area contributed by atoms with Gasteiger partial charge in [-0.1, -0.05) is 149 Å². The quantitative estimate of drug-likeness (QED) is 0.130. The highest BCUT2D eigenvalue weighted by molar-refractivity contribution is 7.20. The molecule has 0 amide bonds. The molecule has 346 valence electrons. The van der Waals surface area contributed by atoms with Crippen LogP contribution in [0.5, 0.6) is 0 Å². The molecule has 2 aromatic heterocycles. The number of thiophene rings is 1. The zero-order valence-corrected chi connectivity index (χ0v) is 39.6. The van der Waals surface area contributed by atoms with Crippen molar-refractivity contribution in [2.75, 3.05) is 0 Å². The third-order valence-corrected chi connectivity index (χ3v) is 16.4. The van der Waals surface area contributed by atoms with E-state index in [0.717, 1.165) is 77.7 Å². The molecule has 2 nitrogen and oxygen atoms in total. The van der Waals surface area contributed by atoms with Crippen LogP contribution in [0.1, 0.15) is 61.1 Å². The molecule has 0 unspecified atom stereocenters. The fourth-order valence-corrected chi connectivity index (χ4v) is 12.6. The first-order chi connectivity index (χ1) is 33.9. The Morgan fingerprint density at radius 2 is 0.690 bits per heavy atom. The molecule has 11 aromatic rings. The largest absolute Gasteiger partial charge is 0.416 e. The first-order valence-electron chi connectivity index (χ1n) is 23.4. The summed E-state index contributed by atoms with van der Waals surface area (Å²) in [4.78, 5) is 13.3. The number of benzene rings is 9. The molecule has 0 aliphatic heterocycles. The van der Waals surface area contributed by atoms with E-state index in [9.17, 15) is 26.3 Å². The summed E-state index contributed by atoms with van der Waals surface area (Å²) in [5.74, 6) is 0. The maximum absolute atomic E-state index is 13.7. The van der Waals surface area contributed by atoms with Gasteiger partial charge in [0.2, 0.25) is 0 Å². The van der Waals surface area contributed by atoms with Gasteiger partial charge in [-0.15, -0.1) is 11.3 Å². The van der Waals surface area contributed by atoms with Crippen LogP contribution in [0.2, 0.25) is 0 Å². The number of alkyl halides is 6. The first-order valence-corrected chi connectivity index (χ1v) is 24.3. The number of fused-ring (bicyclic) bond motifs is 13. The van der Waals surface area contributed by atoms with Gasteiger partial charge >= 0.3 is 12.4 Å². The minimum absolute atomic E-state index is 0.240. The van der Waals surface area contributed by atoms with Crippen LogP contribution in [0, 0.1) is 0 Å². The van der Waals surface area contributed by atoms with Gasteiger partial charge in [0.15, 0.2) is 0 Å². The molecular weight excluding hydrogens is 919 g/mol. The highest BCUT2D eigenvalue weighted by Gasteiger charge is 2.38. The Bertz CT molecular complexity index is 3800. The monoisotopic (exact) mass is 958 g/mol. The summed E-state index contributed by atoms with van der Waals surface area (Å²) in [6.07, 6.45) is -8.97. The third-order valence-electron chi connectivity index (χ3n) is 15.2. The van der Waals surface area contributed by atoms with Gasteiger partial charge in [-0.2, -0.15) is 26.3 Å². The summed E-state index contributed by atoms with van der Waals surface area (Å²) >= 11 is 1.68. The molecule has 9 aromatic carbocycles. The van der Waals surface area contributed by atoms with Gasteiger partial charge in [-0.25, -0.2) is 9.97 Å². The van der Waals surface area contributed by atoms with Crippen LogP contribution in [0.15, 0.2) is 170 Å². The van der Waals surface area contributed by atoms with Crippen LogP contribution in [0.3, 0.4) is 0 Å². The fraction of sp³-hybridized carbons (Fsp3) is 0.129. The van der Waals surface area contributed by atoms with Gasteiger partial charge in [0.05, 0.1) is 31.9 Å². The molecule has 0 N–H and O–H groups in total. The van der Waals surface area contributed by atoms with Crippen molar-refractivity contribution in [3.63, 3.8) is 0 Å². The molecule has 2 aliphatic carbocycles. The van der Waals surface area contributed by atoms with Crippen molar-refractivity contribution in [2.45, 2.75) is 50.9 Å². The van der Waals surface area contributed by atoms with Crippen molar-refractivity contribution in [3.05, 3.63) is 203 Å². The number of hydrogen-bond donors (Lipinski definition) is 0. The zero-order chi connectivity index (χ0) is 48.9. The van der Waals surface area contributed by atoms with E-state index in [2.05, 4.69) is 113 Å². The smallest absolute Gasteiger partial charge is 0.242 e. The molecule has 0 fully saturated rings. The molecular formula is C62H40F6N2S. The average Bonchev–Trinajstić information content (AvgIpc) is 3.94. The van der Waals surface area contributed by atoms with E-state index >= 15 is 0 Å². The second-order valence-electron chi connectivity index (χ2n) is 19.9. The molecule has 0 saturated carbocycles. The Kier molecular flexibility index (Phi) is 9.14. The molecule has 0 atom stereocenters. The van der Waals surface area contributed by atoms with Crippen LogP contribution >= 0.6 is 11.3 Å². The minimum Gasteiger partial charge on any atom is -0.242 e. The summed E-state index contributed by atoms with van der Waals surface area (Å²) < 4.78 is 82.0. The molecule has 13 rings (SSSR count). The third kappa shape index (κ3) is 6.55. The van der Waals surface area contributed by atoms with E-state index < -0.39 is 23.5 Å². The van der Waals surface area contributed by atoms with Gasteiger partial charge in [-0.3, -0.25) is 0 Å². The molecule has 0 bridgehead atoms. The Labute approximate surface area is 408 Å². The van der Waals surface area contributed by atoms with Crippen molar-refractivity contribution < 1.29 is 26.3 Å². The molecule has 0 spiro atoms. The first kappa shape index (κ1) is 43.4. The van der Waals surface area contributed by atoms with Crippen molar-refractivity contribution in [1.82, 2.24) is 9.97 Å². The Morgan fingerprint density at radius 1 is 0.338 bits per heavy atom. The van der Waals surface area contributed by atoms with E-state index in [0.29, 0.717) is 33.3 Å². The van der Waals surface area contributed by atoms with Crippen LogP contribution in [-0.2, 0) is 23.2 Å². The lowest BCUT2D eigenvalue weighted by Crippen LogP contribution is -2.14. The van der Waals surface area contributed by atoms with Gasteiger partial charge < -0.3 is 0 Å². The number of halogens is 6. The second-order valence-corrected chi connectivity index (χ2v) is 20.9. The lowest BCUT2D eigenvalue weighted by Gasteiger charge is -2.22. The normalized spacial score (nSPS) is 14.6. The highest BCUT2D eigenvalue weighted by atomic mass is 32.1. The molecule has 2 heterocycles. The van der Waals surface area contributed by atoms with Crippen molar-refractivity contribution in [2.24, 2.45) is 0 Å². The SMILES string of the molecule is CC1(C)c2ccccc2-c2ccc(-c3sc(-c4ccc5c(c4)C(C)(C)c4ccccc4-5)c4nc5c6ccc(-c7ccc(C(F)(F)F)cc7)cc6c6cc(-c7ccc(C(F)(F)F)cc7)ccc6c5nc34)cc21. The van der Waals surface area contributed by atoms with E-state index in [4.69, 9.17) is 9.97 Å². The van der Waals surface area contributed by atoms with Crippen LogP contribution < -0.4 is 0 Å². The Morgan fingerprint density at radius 3 is 1.08 bits per heavy atom. The Balaban J connectivity index is 1.08. The Hall–Kier alpha value is -7.62. The van der Waals surface area contributed by atoms with E-state index in [1.165, 1.54) is 68.8 Å². The van der Waals surface area contributed by atoms with Gasteiger partial charge in [0.1, 0.15) is 11.0 Å². The van der Waals surface area contributed by atoms with E-state index in [1.54, 1.807) is 11.3 Å². The number of aromatic nitrogens is 2. The molecule has 0 saturated heterocycles. The summed E-state index contributed by atoms with van der Waals surface area (Å²) in [5, 5.41) is 3.12. The zero-order valence-electron chi connectivity index (χ0n) is 38.7. The predicted octanol–water partition coefficient (Wildman–Crippen LogP) is 18.5. The van der Waals surface area contributed by atoms with Gasteiger partial charge in [0, 0.05) is 21.6 Å².